The number of carbonyl (C=O) groups excluding carboxylic acids is 1. The predicted molar refractivity (Wildman–Crippen MR) is 82.9 cm³/mol. The van der Waals surface area contributed by atoms with E-state index >= 15 is 0 Å². The van der Waals surface area contributed by atoms with Crippen LogP contribution in [0.4, 0.5) is 0 Å². The van der Waals surface area contributed by atoms with Crippen molar-refractivity contribution >= 4 is 18.3 Å². The summed E-state index contributed by atoms with van der Waals surface area (Å²) in [4.78, 5) is 16.6. The fourth-order valence-corrected chi connectivity index (χ4v) is 2.82. The third kappa shape index (κ3) is 5.67. The molecule has 0 atom stereocenters. The summed E-state index contributed by atoms with van der Waals surface area (Å²) in [5, 5.41) is 3.31. The third-order valence-corrected chi connectivity index (χ3v) is 3.76. The Balaban J connectivity index is 0.00000324. The molecule has 5 heteroatoms. The molecule has 0 spiro atoms. The first kappa shape index (κ1) is 18.7. The maximum Gasteiger partial charge on any atom is 0.237 e. The molecule has 0 bridgehead atoms. The van der Waals surface area contributed by atoms with Crippen LogP contribution in [-0.4, -0.2) is 60.5 Å². The van der Waals surface area contributed by atoms with Crippen LogP contribution in [-0.2, 0) is 4.79 Å². The average Bonchev–Trinajstić information content (AvgIpc) is 2.28. The van der Waals surface area contributed by atoms with Gasteiger partial charge in [0.2, 0.25) is 5.91 Å². The number of hydrogen-bond acceptors (Lipinski definition) is 3. The third-order valence-electron chi connectivity index (χ3n) is 3.76. The summed E-state index contributed by atoms with van der Waals surface area (Å²) in [7, 11) is 2.02. The van der Waals surface area contributed by atoms with E-state index in [9.17, 15) is 4.79 Å². The lowest BCUT2D eigenvalue weighted by atomic mass is 10.1. The molecule has 0 aromatic rings. The van der Waals surface area contributed by atoms with Crippen molar-refractivity contribution in [1.29, 1.82) is 0 Å². The zero-order valence-corrected chi connectivity index (χ0v) is 13.8. The Morgan fingerprint density at radius 3 is 2.05 bits per heavy atom. The SMILES string of the molecule is CNC1CCN(CC(=O)N(C(C)C)C(C)C)CC1.Cl. The van der Waals surface area contributed by atoms with Gasteiger partial charge in [-0.25, -0.2) is 0 Å². The fourth-order valence-electron chi connectivity index (χ4n) is 2.82. The fraction of sp³-hybridized carbons (Fsp3) is 0.929. The van der Waals surface area contributed by atoms with Crippen molar-refractivity contribution in [3.05, 3.63) is 0 Å². The predicted octanol–water partition coefficient (Wildman–Crippen LogP) is 1.74. The van der Waals surface area contributed by atoms with Gasteiger partial charge in [-0.15, -0.1) is 12.4 Å². The van der Waals surface area contributed by atoms with E-state index in [1.807, 2.05) is 11.9 Å². The van der Waals surface area contributed by atoms with E-state index in [1.165, 1.54) is 0 Å². The number of halogens is 1. The first-order chi connectivity index (χ1) is 8.45. The van der Waals surface area contributed by atoms with Gasteiger partial charge in [0.25, 0.3) is 0 Å². The molecule has 1 rings (SSSR count). The second-order valence-electron chi connectivity index (χ2n) is 5.83. The molecule has 0 saturated carbocycles. The van der Waals surface area contributed by atoms with Gasteiger partial charge in [0.1, 0.15) is 0 Å². The van der Waals surface area contributed by atoms with E-state index in [0.29, 0.717) is 12.6 Å². The largest absolute Gasteiger partial charge is 0.337 e. The molecule has 1 amide bonds. The molecule has 0 aromatic heterocycles. The van der Waals surface area contributed by atoms with E-state index in [0.717, 1.165) is 25.9 Å². The first-order valence-corrected chi connectivity index (χ1v) is 7.16. The van der Waals surface area contributed by atoms with Crippen LogP contribution in [0, 0.1) is 0 Å². The van der Waals surface area contributed by atoms with E-state index < -0.39 is 0 Å². The molecular formula is C14H30ClN3O. The maximum atomic E-state index is 12.3. The maximum absolute atomic E-state index is 12.3. The number of amides is 1. The number of nitrogens with one attached hydrogen (secondary N) is 1. The van der Waals surface area contributed by atoms with Gasteiger partial charge in [0, 0.05) is 31.2 Å². The molecule has 0 aliphatic carbocycles. The van der Waals surface area contributed by atoms with Crippen LogP contribution in [0.1, 0.15) is 40.5 Å². The van der Waals surface area contributed by atoms with Crippen LogP contribution < -0.4 is 5.32 Å². The van der Waals surface area contributed by atoms with Crippen molar-refractivity contribution in [3.8, 4) is 0 Å². The Labute approximate surface area is 124 Å². The van der Waals surface area contributed by atoms with Crippen molar-refractivity contribution in [1.82, 2.24) is 15.1 Å². The molecule has 19 heavy (non-hydrogen) atoms. The van der Waals surface area contributed by atoms with Gasteiger partial charge in [-0.1, -0.05) is 0 Å². The highest BCUT2D eigenvalue weighted by atomic mass is 35.5. The summed E-state index contributed by atoms with van der Waals surface area (Å²) in [6, 6.07) is 1.20. The number of nitrogens with zero attached hydrogens (tertiary/aromatic N) is 2. The topological polar surface area (TPSA) is 35.6 Å². The van der Waals surface area contributed by atoms with Gasteiger partial charge in [0.15, 0.2) is 0 Å². The van der Waals surface area contributed by atoms with E-state index in [1.54, 1.807) is 0 Å². The lowest BCUT2D eigenvalue weighted by molar-refractivity contribution is -0.136. The minimum Gasteiger partial charge on any atom is -0.337 e. The Morgan fingerprint density at radius 1 is 1.21 bits per heavy atom. The number of hydrogen-bond donors (Lipinski definition) is 1. The lowest BCUT2D eigenvalue weighted by Crippen LogP contribution is -2.49. The standard InChI is InChI=1S/C14H29N3O.ClH/c1-11(2)17(12(3)4)14(18)10-16-8-6-13(15-5)7-9-16;/h11-13,15H,6-10H2,1-5H3;1H. The summed E-state index contributed by atoms with van der Waals surface area (Å²) >= 11 is 0. The monoisotopic (exact) mass is 291 g/mol. The van der Waals surface area contributed by atoms with Crippen LogP contribution in [0.5, 0.6) is 0 Å². The van der Waals surface area contributed by atoms with Crippen molar-refractivity contribution in [2.24, 2.45) is 0 Å². The van der Waals surface area contributed by atoms with E-state index in [4.69, 9.17) is 0 Å². The molecule has 1 aliphatic rings. The molecule has 1 saturated heterocycles. The highest BCUT2D eigenvalue weighted by Crippen LogP contribution is 2.12. The Bertz CT molecular complexity index is 255. The molecule has 1 heterocycles. The van der Waals surface area contributed by atoms with Crippen molar-refractivity contribution in [2.45, 2.75) is 58.7 Å². The van der Waals surface area contributed by atoms with Gasteiger partial charge in [-0.2, -0.15) is 0 Å². The second kappa shape index (κ2) is 8.77. The number of rotatable bonds is 5. The lowest BCUT2D eigenvalue weighted by Gasteiger charge is -2.35. The van der Waals surface area contributed by atoms with Crippen LogP contribution in [0.3, 0.4) is 0 Å². The molecule has 0 aromatic carbocycles. The van der Waals surface area contributed by atoms with Crippen molar-refractivity contribution in [2.75, 3.05) is 26.7 Å². The number of carbonyl (C=O) groups is 1. The zero-order valence-electron chi connectivity index (χ0n) is 13.0. The van der Waals surface area contributed by atoms with Gasteiger partial charge in [-0.3, -0.25) is 9.69 Å². The van der Waals surface area contributed by atoms with Gasteiger partial charge in [-0.05, 0) is 47.6 Å². The molecule has 1 fully saturated rings. The van der Waals surface area contributed by atoms with Crippen LogP contribution in [0.25, 0.3) is 0 Å². The van der Waals surface area contributed by atoms with Crippen molar-refractivity contribution < 1.29 is 4.79 Å². The average molecular weight is 292 g/mol. The van der Waals surface area contributed by atoms with Gasteiger partial charge >= 0.3 is 0 Å². The molecule has 114 valence electrons. The number of piperidine rings is 1. The summed E-state index contributed by atoms with van der Waals surface area (Å²) < 4.78 is 0. The summed E-state index contributed by atoms with van der Waals surface area (Å²) in [6.45, 7) is 11.0. The molecular weight excluding hydrogens is 262 g/mol. The second-order valence-corrected chi connectivity index (χ2v) is 5.83. The Hall–Kier alpha value is -0.320. The van der Waals surface area contributed by atoms with Gasteiger partial charge in [0.05, 0.1) is 6.54 Å². The normalized spacial score (nSPS) is 17.6. The van der Waals surface area contributed by atoms with Crippen LogP contribution >= 0.6 is 12.4 Å². The molecule has 4 nitrogen and oxygen atoms in total. The Morgan fingerprint density at radius 2 is 1.68 bits per heavy atom. The van der Waals surface area contributed by atoms with Crippen molar-refractivity contribution in [3.63, 3.8) is 0 Å². The number of likely N-dealkylation sites (tertiary alicyclic amines) is 1. The first-order valence-electron chi connectivity index (χ1n) is 7.16. The molecule has 1 N–H and O–H groups in total. The van der Waals surface area contributed by atoms with E-state index in [2.05, 4.69) is 37.9 Å². The van der Waals surface area contributed by atoms with Crippen LogP contribution in [0.15, 0.2) is 0 Å². The highest BCUT2D eigenvalue weighted by molar-refractivity contribution is 5.85. The molecule has 0 radical (unpaired) electrons. The zero-order chi connectivity index (χ0) is 13.7. The minimum atomic E-state index is 0. The molecule has 0 unspecified atom stereocenters. The molecule has 1 aliphatic heterocycles. The minimum absolute atomic E-state index is 0. The smallest absolute Gasteiger partial charge is 0.237 e. The van der Waals surface area contributed by atoms with Crippen LogP contribution in [0.2, 0.25) is 0 Å². The van der Waals surface area contributed by atoms with E-state index in [-0.39, 0.29) is 30.4 Å². The Kier molecular flexibility index (Phi) is 8.62. The summed E-state index contributed by atoms with van der Waals surface area (Å²) in [5.74, 6) is 0.267. The summed E-state index contributed by atoms with van der Waals surface area (Å²) in [5.41, 5.74) is 0. The highest BCUT2D eigenvalue weighted by Gasteiger charge is 2.24. The quantitative estimate of drug-likeness (QED) is 0.838. The van der Waals surface area contributed by atoms with Gasteiger partial charge < -0.3 is 10.2 Å². The summed E-state index contributed by atoms with van der Waals surface area (Å²) in [6.07, 6.45) is 2.29.